The van der Waals surface area contributed by atoms with Gasteiger partial charge in [-0.2, -0.15) is 0 Å². The molecule has 0 radical (unpaired) electrons. The van der Waals surface area contributed by atoms with Crippen LogP contribution in [0.4, 0.5) is 0 Å². The fraction of sp³-hybridized carbons (Fsp3) is 0.444. The molecular formula is C9H11ClINO. The lowest BCUT2D eigenvalue weighted by Crippen LogP contribution is -1.98. The quantitative estimate of drug-likeness (QED) is 0.482. The van der Waals surface area contributed by atoms with Gasteiger partial charge in [-0.1, -0.05) is 24.9 Å². The lowest BCUT2D eigenvalue weighted by molar-refractivity contribution is 0.308. The molecule has 2 nitrogen and oxygen atoms in total. The molecule has 0 bridgehead atoms. The van der Waals surface area contributed by atoms with Crippen molar-refractivity contribution < 1.29 is 4.74 Å². The number of hydrogen-bond acceptors (Lipinski definition) is 2. The maximum Gasteiger partial charge on any atom is 0.172 e. The summed E-state index contributed by atoms with van der Waals surface area (Å²) in [6, 6.07) is 3.74. The first-order valence-electron chi connectivity index (χ1n) is 4.19. The zero-order valence-electron chi connectivity index (χ0n) is 7.39. The average Bonchev–Trinajstić information content (AvgIpc) is 2.09. The fourth-order valence-corrected chi connectivity index (χ4v) is 1.61. The molecule has 0 saturated carbocycles. The second-order valence-corrected chi connectivity index (χ2v) is 4.09. The van der Waals surface area contributed by atoms with Crippen LogP contribution in [0.1, 0.15) is 19.8 Å². The van der Waals surface area contributed by atoms with E-state index in [1.165, 1.54) is 0 Å². The number of rotatable bonds is 4. The number of nitrogens with zero attached hydrogens (tertiary/aromatic N) is 1. The number of halogens is 2. The minimum Gasteiger partial charge on any atom is -0.490 e. The molecule has 4 heteroatoms. The van der Waals surface area contributed by atoms with Crippen LogP contribution in [-0.2, 0) is 0 Å². The van der Waals surface area contributed by atoms with Gasteiger partial charge in [0.1, 0.15) is 3.70 Å². The fourth-order valence-electron chi connectivity index (χ4n) is 0.833. The second-order valence-electron chi connectivity index (χ2n) is 2.62. The molecule has 0 atom stereocenters. The average molecular weight is 312 g/mol. The second kappa shape index (κ2) is 5.65. The normalized spacial score (nSPS) is 10.1. The Balaban J connectivity index is 2.56. The lowest BCUT2D eigenvalue weighted by atomic mass is 10.4. The molecule has 0 spiro atoms. The van der Waals surface area contributed by atoms with E-state index in [2.05, 4.69) is 34.5 Å². The monoisotopic (exact) mass is 311 g/mol. The van der Waals surface area contributed by atoms with Gasteiger partial charge in [-0.3, -0.25) is 0 Å². The lowest BCUT2D eigenvalue weighted by Gasteiger charge is -2.06. The van der Waals surface area contributed by atoms with Crippen molar-refractivity contribution in [2.45, 2.75) is 19.8 Å². The van der Waals surface area contributed by atoms with Crippen LogP contribution >= 0.6 is 34.2 Å². The minimum absolute atomic E-state index is 0.447. The predicted octanol–water partition coefficient (Wildman–Crippen LogP) is 3.52. The van der Waals surface area contributed by atoms with Crippen LogP contribution in [0.2, 0.25) is 5.15 Å². The van der Waals surface area contributed by atoms with Gasteiger partial charge in [0.15, 0.2) is 10.9 Å². The van der Waals surface area contributed by atoms with Crippen molar-refractivity contribution in [3.63, 3.8) is 0 Å². The highest BCUT2D eigenvalue weighted by molar-refractivity contribution is 14.1. The number of pyridine rings is 1. The molecule has 0 aliphatic rings. The maximum atomic E-state index is 5.87. The summed E-state index contributed by atoms with van der Waals surface area (Å²) in [5.41, 5.74) is 0. The highest BCUT2D eigenvalue weighted by Crippen LogP contribution is 2.22. The summed E-state index contributed by atoms with van der Waals surface area (Å²) in [7, 11) is 0. The van der Waals surface area contributed by atoms with E-state index in [4.69, 9.17) is 16.3 Å². The summed E-state index contributed by atoms with van der Waals surface area (Å²) in [5, 5.41) is 0.447. The zero-order valence-corrected chi connectivity index (χ0v) is 10.3. The molecule has 0 unspecified atom stereocenters. The predicted molar refractivity (Wildman–Crippen MR) is 62.4 cm³/mol. The van der Waals surface area contributed by atoms with Gasteiger partial charge >= 0.3 is 0 Å². The molecule has 1 rings (SSSR count). The van der Waals surface area contributed by atoms with Gasteiger partial charge in [0.25, 0.3) is 0 Å². The van der Waals surface area contributed by atoms with Crippen LogP contribution in [0.15, 0.2) is 12.1 Å². The molecule has 0 N–H and O–H groups in total. The highest BCUT2D eigenvalue weighted by Gasteiger charge is 2.02. The van der Waals surface area contributed by atoms with E-state index in [0.29, 0.717) is 17.5 Å². The largest absolute Gasteiger partial charge is 0.490 e. The molecule has 0 saturated heterocycles. The van der Waals surface area contributed by atoms with Crippen LogP contribution in [0.25, 0.3) is 0 Å². The minimum atomic E-state index is 0.447. The van der Waals surface area contributed by atoms with Crippen molar-refractivity contribution in [2.24, 2.45) is 0 Å². The summed E-state index contributed by atoms with van der Waals surface area (Å²) in [4.78, 5) is 4.08. The van der Waals surface area contributed by atoms with Gasteiger partial charge in [0, 0.05) is 0 Å². The number of aromatic nitrogens is 1. The van der Waals surface area contributed by atoms with E-state index in [-0.39, 0.29) is 0 Å². The van der Waals surface area contributed by atoms with E-state index in [1.807, 2.05) is 12.1 Å². The molecule has 72 valence electrons. The Hall–Kier alpha value is -0.0300. The van der Waals surface area contributed by atoms with E-state index in [0.717, 1.165) is 16.5 Å². The van der Waals surface area contributed by atoms with Crippen molar-refractivity contribution in [1.29, 1.82) is 0 Å². The molecule has 13 heavy (non-hydrogen) atoms. The summed E-state index contributed by atoms with van der Waals surface area (Å²) in [5.74, 6) is 0.676. The Morgan fingerprint density at radius 1 is 1.54 bits per heavy atom. The third-order valence-electron chi connectivity index (χ3n) is 1.54. The Kier molecular flexibility index (Phi) is 4.80. The van der Waals surface area contributed by atoms with Gasteiger partial charge in [-0.05, 0) is 41.1 Å². The first-order valence-corrected chi connectivity index (χ1v) is 5.64. The van der Waals surface area contributed by atoms with Crippen LogP contribution in [0.5, 0.6) is 5.75 Å². The standard InChI is InChI=1S/C9H11ClINO/c1-2-3-6-13-7-4-5-8(11)12-9(7)10/h4-5H,2-3,6H2,1H3. The molecule has 0 amide bonds. The molecule has 1 aromatic rings. The van der Waals surface area contributed by atoms with Crippen LogP contribution in [0.3, 0.4) is 0 Å². The number of ether oxygens (including phenoxy) is 1. The van der Waals surface area contributed by atoms with E-state index in [9.17, 15) is 0 Å². The van der Waals surface area contributed by atoms with Crippen molar-refractivity contribution in [3.8, 4) is 5.75 Å². The molecule has 0 fully saturated rings. The summed E-state index contributed by atoms with van der Waals surface area (Å²) in [6.07, 6.45) is 2.16. The van der Waals surface area contributed by atoms with Crippen molar-refractivity contribution in [1.82, 2.24) is 4.98 Å². The Morgan fingerprint density at radius 3 is 2.92 bits per heavy atom. The van der Waals surface area contributed by atoms with Gasteiger partial charge in [0.2, 0.25) is 0 Å². The third kappa shape index (κ3) is 3.68. The van der Waals surface area contributed by atoms with Crippen LogP contribution in [-0.4, -0.2) is 11.6 Å². The molecule has 0 aliphatic carbocycles. The van der Waals surface area contributed by atoms with Gasteiger partial charge in [-0.25, -0.2) is 4.98 Å². The summed E-state index contributed by atoms with van der Waals surface area (Å²) >= 11 is 7.98. The summed E-state index contributed by atoms with van der Waals surface area (Å²) in [6.45, 7) is 2.83. The Bertz CT molecular complexity index is 280. The first kappa shape index (κ1) is 11.0. The zero-order chi connectivity index (χ0) is 9.68. The molecule has 1 aromatic heterocycles. The van der Waals surface area contributed by atoms with E-state index < -0.39 is 0 Å². The van der Waals surface area contributed by atoms with Crippen molar-refractivity contribution >= 4 is 34.2 Å². The van der Waals surface area contributed by atoms with E-state index >= 15 is 0 Å². The molecular weight excluding hydrogens is 300 g/mol. The van der Waals surface area contributed by atoms with Gasteiger partial charge in [0.05, 0.1) is 6.61 Å². The van der Waals surface area contributed by atoms with Crippen molar-refractivity contribution in [2.75, 3.05) is 6.61 Å². The van der Waals surface area contributed by atoms with E-state index in [1.54, 1.807) is 0 Å². The van der Waals surface area contributed by atoms with Crippen LogP contribution < -0.4 is 4.74 Å². The summed E-state index contributed by atoms with van der Waals surface area (Å²) < 4.78 is 6.31. The van der Waals surface area contributed by atoms with Crippen LogP contribution in [0, 0.1) is 3.70 Å². The third-order valence-corrected chi connectivity index (χ3v) is 2.41. The molecule has 0 aromatic carbocycles. The number of hydrogen-bond donors (Lipinski definition) is 0. The molecule has 0 aliphatic heterocycles. The SMILES string of the molecule is CCCCOc1ccc(I)nc1Cl. The number of unbranched alkanes of at least 4 members (excludes halogenated alkanes) is 1. The highest BCUT2D eigenvalue weighted by atomic mass is 127. The smallest absolute Gasteiger partial charge is 0.172 e. The topological polar surface area (TPSA) is 22.1 Å². The first-order chi connectivity index (χ1) is 6.24. The Labute approximate surface area is 96.8 Å². The maximum absolute atomic E-state index is 5.87. The Morgan fingerprint density at radius 2 is 2.31 bits per heavy atom. The van der Waals surface area contributed by atoms with Crippen molar-refractivity contribution in [3.05, 3.63) is 21.0 Å². The molecule has 1 heterocycles. The van der Waals surface area contributed by atoms with Gasteiger partial charge < -0.3 is 4.74 Å². The van der Waals surface area contributed by atoms with Gasteiger partial charge in [-0.15, -0.1) is 0 Å².